The van der Waals surface area contributed by atoms with Crippen LogP contribution in [0.25, 0.3) is 50.3 Å². The number of H-pyrrole nitrogens is 1. The van der Waals surface area contributed by atoms with Crippen LogP contribution < -0.4 is 0 Å². The SMILES string of the molecule is CCOC(=O)CSc1nnc(-c2cc3c([nH]c4ccccc43)c(-c3cccc(O)c3)n2)n1-c1ccc(Br)cc1. The number of aromatic nitrogens is 5. The van der Waals surface area contributed by atoms with E-state index in [1.165, 1.54) is 11.8 Å². The predicted octanol–water partition coefficient (Wildman–Crippen LogP) is 6.75. The maximum atomic E-state index is 12.1. The largest absolute Gasteiger partial charge is 0.508 e. The molecule has 0 bridgehead atoms. The van der Waals surface area contributed by atoms with Gasteiger partial charge in [0.2, 0.25) is 0 Å². The summed E-state index contributed by atoms with van der Waals surface area (Å²) in [4.78, 5) is 20.7. The normalized spacial score (nSPS) is 11.3. The van der Waals surface area contributed by atoms with Crippen LogP contribution in [0.2, 0.25) is 0 Å². The third-order valence-electron chi connectivity index (χ3n) is 6.19. The molecule has 39 heavy (non-hydrogen) atoms. The lowest BCUT2D eigenvalue weighted by Gasteiger charge is -2.12. The lowest BCUT2D eigenvalue weighted by atomic mass is 10.1. The van der Waals surface area contributed by atoms with E-state index in [9.17, 15) is 9.90 Å². The van der Waals surface area contributed by atoms with E-state index < -0.39 is 0 Å². The topological polar surface area (TPSA) is 106 Å². The van der Waals surface area contributed by atoms with Crippen molar-refractivity contribution in [1.29, 1.82) is 0 Å². The Labute approximate surface area is 236 Å². The molecule has 0 amide bonds. The lowest BCUT2D eigenvalue weighted by molar-refractivity contribution is -0.139. The maximum absolute atomic E-state index is 12.1. The van der Waals surface area contributed by atoms with Crippen molar-refractivity contribution in [2.45, 2.75) is 12.1 Å². The van der Waals surface area contributed by atoms with Crippen molar-refractivity contribution < 1.29 is 14.6 Å². The van der Waals surface area contributed by atoms with Crippen molar-refractivity contribution in [3.63, 3.8) is 0 Å². The molecular weight excluding hydrogens is 578 g/mol. The fourth-order valence-corrected chi connectivity index (χ4v) is 5.51. The molecule has 2 N–H and O–H groups in total. The van der Waals surface area contributed by atoms with Crippen LogP contribution in [-0.2, 0) is 9.53 Å². The number of nitrogens with zero attached hydrogens (tertiary/aromatic N) is 4. The van der Waals surface area contributed by atoms with Crippen molar-refractivity contribution in [1.82, 2.24) is 24.7 Å². The second-order valence-corrected chi connectivity index (χ2v) is 10.6. The molecule has 0 unspecified atom stereocenters. The van der Waals surface area contributed by atoms with Gasteiger partial charge in [-0.2, -0.15) is 0 Å². The first kappa shape index (κ1) is 25.1. The number of hydrogen-bond acceptors (Lipinski definition) is 7. The number of aromatic hydroxyl groups is 1. The molecule has 6 rings (SSSR count). The van der Waals surface area contributed by atoms with E-state index in [2.05, 4.69) is 37.2 Å². The number of halogens is 1. The molecule has 3 aromatic carbocycles. The van der Waals surface area contributed by atoms with Gasteiger partial charge in [0.25, 0.3) is 0 Å². The Hall–Kier alpha value is -4.15. The number of para-hydroxylation sites is 1. The molecule has 0 saturated heterocycles. The van der Waals surface area contributed by atoms with Gasteiger partial charge in [-0.15, -0.1) is 10.2 Å². The van der Waals surface area contributed by atoms with Gasteiger partial charge >= 0.3 is 5.97 Å². The summed E-state index contributed by atoms with van der Waals surface area (Å²) in [6, 6.07) is 24.9. The van der Waals surface area contributed by atoms with Gasteiger partial charge in [0.15, 0.2) is 11.0 Å². The fraction of sp³-hybridized carbons (Fsp3) is 0.103. The minimum Gasteiger partial charge on any atom is -0.508 e. The van der Waals surface area contributed by atoms with Crippen LogP contribution in [0, 0.1) is 0 Å². The molecule has 8 nitrogen and oxygen atoms in total. The summed E-state index contributed by atoms with van der Waals surface area (Å²) >= 11 is 4.76. The Morgan fingerprint density at radius 1 is 1.03 bits per heavy atom. The first-order valence-corrected chi connectivity index (χ1v) is 14.0. The van der Waals surface area contributed by atoms with E-state index >= 15 is 0 Å². The van der Waals surface area contributed by atoms with Gasteiger partial charge in [-0.1, -0.05) is 58.0 Å². The number of carbonyl (C=O) groups is 1. The molecule has 0 aliphatic carbocycles. The van der Waals surface area contributed by atoms with Crippen molar-refractivity contribution in [2.75, 3.05) is 12.4 Å². The molecule has 0 atom stereocenters. The van der Waals surface area contributed by atoms with Crippen molar-refractivity contribution in [3.8, 4) is 34.2 Å². The summed E-state index contributed by atoms with van der Waals surface area (Å²) in [5.41, 5.74) is 4.71. The Balaban J connectivity index is 1.58. The Bertz CT molecular complexity index is 1830. The van der Waals surface area contributed by atoms with Gasteiger partial charge in [0, 0.05) is 32.0 Å². The predicted molar refractivity (Wildman–Crippen MR) is 156 cm³/mol. The third kappa shape index (κ3) is 4.88. The summed E-state index contributed by atoms with van der Waals surface area (Å²) < 4.78 is 7.94. The number of phenolic OH excluding ortho intramolecular Hbond substituents is 1. The zero-order valence-electron chi connectivity index (χ0n) is 20.8. The number of ether oxygens (including phenoxy) is 1. The number of pyridine rings is 1. The van der Waals surface area contributed by atoms with Crippen LogP contribution in [0.5, 0.6) is 5.75 Å². The minimum absolute atomic E-state index is 0.103. The molecule has 10 heteroatoms. The molecule has 6 aromatic rings. The fourth-order valence-electron chi connectivity index (χ4n) is 4.50. The zero-order chi connectivity index (χ0) is 26.9. The van der Waals surface area contributed by atoms with Crippen LogP contribution in [0.1, 0.15) is 6.92 Å². The molecule has 0 aliphatic rings. The van der Waals surface area contributed by atoms with Gasteiger partial charge in [-0.25, -0.2) is 4.98 Å². The number of thioether (sulfide) groups is 1. The number of benzene rings is 3. The summed E-state index contributed by atoms with van der Waals surface area (Å²) in [6.45, 7) is 2.10. The molecule has 3 heterocycles. The maximum Gasteiger partial charge on any atom is 0.316 e. The zero-order valence-corrected chi connectivity index (χ0v) is 23.2. The van der Waals surface area contributed by atoms with Crippen molar-refractivity contribution >= 4 is 55.5 Å². The van der Waals surface area contributed by atoms with Crippen LogP contribution in [-0.4, -0.2) is 48.2 Å². The van der Waals surface area contributed by atoms with E-state index in [1.807, 2.05) is 59.2 Å². The van der Waals surface area contributed by atoms with Crippen LogP contribution >= 0.6 is 27.7 Å². The van der Waals surface area contributed by atoms with Gasteiger partial charge in [-0.3, -0.25) is 9.36 Å². The first-order chi connectivity index (χ1) is 19.0. The number of hydrogen-bond donors (Lipinski definition) is 2. The average Bonchev–Trinajstić information content (AvgIpc) is 3.54. The Morgan fingerprint density at radius 3 is 2.64 bits per heavy atom. The average molecular weight is 600 g/mol. The highest BCUT2D eigenvalue weighted by atomic mass is 79.9. The summed E-state index contributed by atoms with van der Waals surface area (Å²) in [5, 5.41) is 21.8. The second kappa shape index (κ2) is 10.5. The van der Waals surface area contributed by atoms with Gasteiger partial charge in [-0.05, 0) is 55.5 Å². The molecule has 0 fully saturated rings. The smallest absolute Gasteiger partial charge is 0.316 e. The molecule has 0 saturated carbocycles. The standard InChI is InChI=1S/C29H22BrN5O3S/c1-2-38-25(37)16-39-29-34-33-28(35(29)19-12-10-18(30)11-13-19)24-15-22-21-8-3-4-9-23(21)31-27(22)26(32-24)17-6-5-7-20(36)14-17/h3-15,31,36H,2,16H2,1H3. The molecule has 3 aromatic heterocycles. The Kier molecular flexibility index (Phi) is 6.80. The van der Waals surface area contributed by atoms with E-state index in [1.54, 1.807) is 25.1 Å². The van der Waals surface area contributed by atoms with Crippen LogP contribution in [0.3, 0.4) is 0 Å². The van der Waals surface area contributed by atoms with E-state index in [0.29, 0.717) is 29.0 Å². The highest BCUT2D eigenvalue weighted by Crippen LogP contribution is 2.37. The van der Waals surface area contributed by atoms with Crippen molar-refractivity contribution in [2.24, 2.45) is 0 Å². The van der Waals surface area contributed by atoms with E-state index in [-0.39, 0.29) is 17.5 Å². The molecule has 194 valence electrons. The highest BCUT2D eigenvalue weighted by Gasteiger charge is 2.22. The number of aromatic amines is 1. The summed E-state index contributed by atoms with van der Waals surface area (Å²) in [6.07, 6.45) is 0. The van der Waals surface area contributed by atoms with E-state index in [4.69, 9.17) is 9.72 Å². The first-order valence-electron chi connectivity index (χ1n) is 12.2. The number of carbonyl (C=O) groups excluding carboxylic acids is 1. The number of fused-ring (bicyclic) bond motifs is 3. The van der Waals surface area contributed by atoms with Crippen molar-refractivity contribution in [3.05, 3.63) is 83.3 Å². The van der Waals surface area contributed by atoms with Gasteiger partial charge < -0.3 is 14.8 Å². The minimum atomic E-state index is -0.320. The lowest BCUT2D eigenvalue weighted by Crippen LogP contribution is -2.08. The number of rotatable bonds is 7. The van der Waals surface area contributed by atoms with Crippen LogP contribution in [0.15, 0.2) is 88.5 Å². The molecule has 0 spiro atoms. The van der Waals surface area contributed by atoms with E-state index in [0.717, 1.165) is 37.5 Å². The number of esters is 1. The third-order valence-corrected chi connectivity index (χ3v) is 7.62. The van der Waals surface area contributed by atoms with Gasteiger partial charge in [0.1, 0.15) is 11.4 Å². The molecule has 0 aliphatic heterocycles. The summed E-state index contributed by atoms with van der Waals surface area (Å²) in [7, 11) is 0. The van der Waals surface area contributed by atoms with Gasteiger partial charge in [0.05, 0.1) is 23.6 Å². The molecule has 0 radical (unpaired) electrons. The second-order valence-electron chi connectivity index (χ2n) is 8.71. The number of phenols is 1. The monoisotopic (exact) mass is 599 g/mol. The quantitative estimate of drug-likeness (QED) is 0.154. The molecular formula is C29H22BrN5O3S. The Morgan fingerprint density at radius 2 is 1.85 bits per heavy atom. The summed E-state index contributed by atoms with van der Waals surface area (Å²) in [5.74, 6) is 0.460. The highest BCUT2D eigenvalue weighted by molar-refractivity contribution is 9.10. The van der Waals surface area contributed by atoms with Crippen LogP contribution in [0.4, 0.5) is 0 Å². The number of nitrogens with one attached hydrogen (secondary N) is 1.